The van der Waals surface area contributed by atoms with Gasteiger partial charge in [-0.15, -0.1) is 0 Å². The molecule has 0 radical (unpaired) electrons. The Morgan fingerprint density at radius 1 is 1.05 bits per heavy atom. The Morgan fingerprint density at radius 3 is 2.65 bits per heavy atom. The van der Waals surface area contributed by atoms with Crippen molar-refractivity contribution in [2.24, 2.45) is 0 Å². The van der Waals surface area contributed by atoms with Gasteiger partial charge in [-0.25, -0.2) is 0 Å². The van der Waals surface area contributed by atoms with Crippen LogP contribution in [-0.4, -0.2) is 10.5 Å². The number of aromatic nitrogens is 1. The van der Waals surface area contributed by atoms with Gasteiger partial charge >= 0.3 is 0 Å². The van der Waals surface area contributed by atoms with Crippen molar-refractivity contribution in [3.8, 4) is 0 Å². The molecule has 0 aliphatic heterocycles. The molecule has 0 bridgehead atoms. The van der Waals surface area contributed by atoms with E-state index in [1.165, 1.54) is 10.9 Å². The standard InChI is InChI=1S/C17H16N2O/c1-13-6-5-9-16-15(13)10-11-19(16)12-17(20)18-14-7-3-2-4-8-14/h2-11H,12H2,1H3,(H,18,20). The maximum Gasteiger partial charge on any atom is 0.244 e. The lowest BCUT2D eigenvalue weighted by Gasteiger charge is -2.07. The summed E-state index contributed by atoms with van der Waals surface area (Å²) in [5.41, 5.74) is 3.14. The lowest BCUT2D eigenvalue weighted by atomic mass is 10.1. The van der Waals surface area contributed by atoms with E-state index in [0.29, 0.717) is 6.54 Å². The predicted molar refractivity (Wildman–Crippen MR) is 81.7 cm³/mol. The molecule has 0 aliphatic rings. The Morgan fingerprint density at radius 2 is 1.85 bits per heavy atom. The van der Waals surface area contributed by atoms with Gasteiger partial charge in [-0.3, -0.25) is 4.79 Å². The zero-order valence-corrected chi connectivity index (χ0v) is 11.3. The average molecular weight is 264 g/mol. The van der Waals surface area contributed by atoms with E-state index in [1.54, 1.807) is 0 Å². The maximum atomic E-state index is 12.1. The van der Waals surface area contributed by atoms with Gasteiger partial charge < -0.3 is 9.88 Å². The van der Waals surface area contributed by atoms with E-state index in [0.717, 1.165) is 11.2 Å². The van der Waals surface area contributed by atoms with Crippen molar-refractivity contribution in [1.29, 1.82) is 0 Å². The minimum Gasteiger partial charge on any atom is -0.338 e. The summed E-state index contributed by atoms with van der Waals surface area (Å²) in [7, 11) is 0. The highest BCUT2D eigenvalue weighted by atomic mass is 16.1. The Kier molecular flexibility index (Phi) is 3.25. The van der Waals surface area contributed by atoms with Crippen molar-refractivity contribution in [3.63, 3.8) is 0 Å². The van der Waals surface area contributed by atoms with Crippen molar-refractivity contribution in [2.75, 3.05) is 5.32 Å². The highest BCUT2D eigenvalue weighted by Gasteiger charge is 2.07. The summed E-state index contributed by atoms with van der Waals surface area (Å²) in [4.78, 5) is 12.1. The summed E-state index contributed by atoms with van der Waals surface area (Å²) >= 11 is 0. The number of amides is 1. The summed E-state index contributed by atoms with van der Waals surface area (Å²) in [5.74, 6) is -0.0183. The van der Waals surface area contributed by atoms with Gasteiger partial charge in [0.15, 0.2) is 0 Å². The van der Waals surface area contributed by atoms with Gasteiger partial charge in [0.05, 0.1) is 0 Å². The molecule has 100 valence electrons. The third-order valence-electron chi connectivity index (χ3n) is 3.40. The average Bonchev–Trinajstić information content (AvgIpc) is 2.84. The zero-order chi connectivity index (χ0) is 13.9. The number of carbonyl (C=O) groups excluding carboxylic acids is 1. The first-order valence-electron chi connectivity index (χ1n) is 6.63. The molecular formula is C17H16N2O. The van der Waals surface area contributed by atoms with Gasteiger partial charge in [0.25, 0.3) is 0 Å². The van der Waals surface area contributed by atoms with Crippen LogP contribution in [0.2, 0.25) is 0 Å². The number of benzene rings is 2. The van der Waals surface area contributed by atoms with E-state index in [-0.39, 0.29) is 5.91 Å². The molecule has 1 amide bonds. The van der Waals surface area contributed by atoms with Crippen molar-refractivity contribution in [1.82, 2.24) is 4.57 Å². The van der Waals surface area contributed by atoms with E-state index in [4.69, 9.17) is 0 Å². The quantitative estimate of drug-likeness (QED) is 0.770. The van der Waals surface area contributed by atoms with Gasteiger partial charge in [-0.1, -0.05) is 30.3 Å². The second-order valence-electron chi connectivity index (χ2n) is 4.87. The first kappa shape index (κ1) is 12.5. The first-order chi connectivity index (χ1) is 9.74. The van der Waals surface area contributed by atoms with Gasteiger partial charge in [0, 0.05) is 22.8 Å². The molecule has 0 unspecified atom stereocenters. The summed E-state index contributed by atoms with van der Waals surface area (Å²) in [6.45, 7) is 2.40. The molecule has 0 saturated heterocycles. The van der Waals surface area contributed by atoms with Crippen LogP contribution >= 0.6 is 0 Å². The molecule has 3 heteroatoms. The number of carbonyl (C=O) groups is 1. The van der Waals surface area contributed by atoms with Crippen LogP contribution in [0.4, 0.5) is 5.69 Å². The molecule has 3 nitrogen and oxygen atoms in total. The third kappa shape index (κ3) is 2.43. The third-order valence-corrected chi connectivity index (χ3v) is 3.40. The van der Waals surface area contributed by atoms with E-state index >= 15 is 0 Å². The Bertz CT molecular complexity index is 744. The fourth-order valence-electron chi connectivity index (χ4n) is 2.39. The van der Waals surface area contributed by atoms with E-state index in [1.807, 2.05) is 53.2 Å². The van der Waals surface area contributed by atoms with Crippen molar-refractivity contribution in [3.05, 3.63) is 66.4 Å². The molecule has 1 heterocycles. The maximum absolute atomic E-state index is 12.1. The number of hydrogen-bond donors (Lipinski definition) is 1. The molecule has 0 aliphatic carbocycles. The number of nitrogens with zero attached hydrogens (tertiary/aromatic N) is 1. The topological polar surface area (TPSA) is 34.0 Å². The molecule has 1 N–H and O–H groups in total. The molecule has 3 rings (SSSR count). The number of rotatable bonds is 3. The molecule has 0 atom stereocenters. The van der Waals surface area contributed by atoms with Crippen molar-refractivity contribution < 1.29 is 4.79 Å². The molecule has 1 aromatic heterocycles. The van der Waals surface area contributed by atoms with Crippen LogP contribution in [-0.2, 0) is 11.3 Å². The Balaban J connectivity index is 1.80. The second kappa shape index (κ2) is 5.21. The van der Waals surface area contributed by atoms with Crippen LogP contribution in [0.15, 0.2) is 60.8 Å². The number of hydrogen-bond acceptors (Lipinski definition) is 1. The summed E-state index contributed by atoms with van der Waals surface area (Å²) in [6, 6.07) is 17.7. The molecule has 0 saturated carbocycles. The highest BCUT2D eigenvalue weighted by molar-refractivity contribution is 5.92. The largest absolute Gasteiger partial charge is 0.338 e. The number of anilines is 1. The van der Waals surface area contributed by atoms with Crippen LogP contribution in [0.5, 0.6) is 0 Å². The van der Waals surface area contributed by atoms with Crippen molar-refractivity contribution >= 4 is 22.5 Å². The minimum absolute atomic E-state index is 0.0183. The molecule has 3 aromatic rings. The normalized spacial score (nSPS) is 10.7. The lowest BCUT2D eigenvalue weighted by molar-refractivity contribution is -0.116. The van der Waals surface area contributed by atoms with Crippen LogP contribution in [0, 0.1) is 6.92 Å². The minimum atomic E-state index is -0.0183. The lowest BCUT2D eigenvalue weighted by Crippen LogP contribution is -2.18. The van der Waals surface area contributed by atoms with E-state index in [9.17, 15) is 4.79 Å². The fourth-order valence-corrected chi connectivity index (χ4v) is 2.39. The smallest absolute Gasteiger partial charge is 0.244 e. The van der Waals surface area contributed by atoms with Crippen LogP contribution < -0.4 is 5.32 Å². The van der Waals surface area contributed by atoms with E-state index < -0.39 is 0 Å². The monoisotopic (exact) mass is 264 g/mol. The van der Waals surface area contributed by atoms with E-state index in [2.05, 4.69) is 24.4 Å². The number of fused-ring (bicyclic) bond motifs is 1. The molecule has 20 heavy (non-hydrogen) atoms. The SMILES string of the molecule is Cc1cccc2c1ccn2CC(=O)Nc1ccccc1. The van der Waals surface area contributed by atoms with Crippen LogP contribution in [0.3, 0.4) is 0 Å². The summed E-state index contributed by atoms with van der Waals surface area (Å²) < 4.78 is 1.97. The number of nitrogens with one attached hydrogen (secondary N) is 1. The predicted octanol–water partition coefficient (Wildman–Crippen LogP) is 3.59. The van der Waals surface area contributed by atoms with Gasteiger partial charge in [0.2, 0.25) is 5.91 Å². The Hall–Kier alpha value is -2.55. The number of para-hydroxylation sites is 1. The highest BCUT2D eigenvalue weighted by Crippen LogP contribution is 2.19. The van der Waals surface area contributed by atoms with Gasteiger partial charge in [-0.2, -0.15) is 0 Å². The Labute approximate surface area is 117 Å². The van der Waals surface area contributed by atoms with Gasteiger partial charge in [0.1, 0.15) is 6.54 Å². The van der Waals surface area contributed by atoms with Gasteiger partial charge in [-0.05, 0) is 36.8 Å². The first-order valence-corrected chi connectivity index (χ1v) is 6.63. The second-order valence-corrected chi connectivity index (χ2v) is 4.87. The van der Waals surface area contributed by atoms with Crippen molar-refractivity contribution in [2.45, 2.75) is 13.5 Å². The van der Waals surface area contributed by atoms with Crippen LogP contribution in [0.1, 0.15) is 5.56 Å². The molecule has 0 fully saturated rings. The summed E-state index contributed by atoms with van der Waals surface area (Å²) in [5, 5.41) is 4.09. The molecule has 0 spiro atoms. The summed E-state index contributed by atoms with van der Waals surface area (Å²) in [6.07, 6.45) is 1.96. The zero-order valence-electron chi connectivity index (χ0n) is 11.3. The molecular weight excluding hydrogens is 248 g/mol. The number of aryl methyl sites for hydroxylation is 1. The van der Waals surface area contributed by atoms with Crippen LogP contribution in [0.25, 0.3) is 10.9 Å². The fraction of sp³-hybridized carbons (Fsp3) is 0.118. The molecule has 2 aromatic carbocycles.